The fourth-order valence-corrected chi connectivity index (χ4v) is 2.24. The summed E-state index contributed by atoms with van der Waals surface area (Å²) >= 11 is 3.44. The van der Waals surface area contributed by atoms with Gasteiger partial charge in [-0.3, -0.25) is 4.68 Å². The maximum atomic E-state index is 5.84. The summed E-state index contributed by atoms with van der Waals surface area (Å²) in [5.74, 6) is 0.405. The van der Waals surface area contributed by atoms with Crippen LogP contribution in [-0.4, -0.2) is 21.5 Å². The highest BCUT2D eigenvalue weighted by Gasteiger charge is 2.11. The second-order valence-corrected chi connectivity index (χ2v) is 5.44. The number of aryl methyl sites for hydroxylation is 1. The molecule has 0 saturated carbocycles. The molecule has 1 aromatic heterocycles. The Hall–Kier alpha value is -1.20. The topological polar surface area (TPSA) is 56.7 Å². The van der Waals surface area contributed by atoms with Gasteiger partial charge in [-0.05, 0) is 43.0 Å². The molecule has 0 aliphatic rings. The Kier molecular flexibility index (Phi) is 4.49. The summed E-state index contributed by atoms with van der Waals surface area (Å²) in [4.78, 5) is 0. The van der Waals surface area contributed by atoms with Gasteiger partial charge in [0.15, 0.2) is 0 Å². The molecule has 2 aromatic rings. The molecule has 5 heteroatoms. The zero-order valence-corrected chi connectivity index (χ0v) is 12.0. The monoisotopic (exact) mass is 308 g/mol. The minimum atomic E-state index is 0.405. The van der Waals surface area contributed by atoms with Gasteiger partial charge in [-0.1, -0.05) is 33.3 Å². The number of rotatable bonds is 5. The minimum Gasteiger partial charge on any atom is -0.330 e. The highest BCUT2D eigenvalue weighted by molar-refractivity contribution is 9.10. The van der Waals surface area contributed by atoms with Crippen molar-refractivity contribution in [3.63, 3.8) is 0 Å². The fraction of sp³-hybridized carbons (Fsp3) is 0.385. The SMILES string of the molecule is Cn1cc(CC(CN)Cc2ccc(Br)cc2)nn1. The molecule has 1 unspecified atom stereocenters. The van der Waals surface area contributed by atoms with E-state index in [1.807, 2.05) is 13.2 Å². The van der Waals surface area contributed by atoms with Crippen LogP contribution in [0, 0.1) is 5.92 Å². The van der Waals surface area contributed by atoms with E-state index in [2.05, 4.69) is 50.5 Å². The number of hydrogen-bond acceptors (Lipinski definition) is 3. The quantitative estimate of drug-likeness (QED) is 0.918. The third kappa shape index (κ3) is 3.65. The smallest absolute Gasteiger partial charge is 0.0830 e. The molecule has 0 saturated heterocycles. The molecule has 1 atom stereocenters. The number of aromatic nitrogens is 3. The van der Waals surface area contributed by atoms with E-state index in [0.717, 1.165) is 23.0 Å². The first-order valence-electron chi connectivity index (χ1n) is 5.97. The van der Waals surface area contributed by atoms with E-state index in [0.29, 0.717) is 12.5 Å². The van der Waals surface area contributed by atoms with Gasteiger partial charge in [0, 0.05) is 17.7 Å². The van der Waals surface area contributed by atoms with Crippen LogP contribution in [0.2, 0.25) is 0 Å². The van der Waals surface area contributed by atoms with Crippen molar-refractivity contribution in [2.45, 2.75) is 12.8 Å². The lowest BCUT2D eigenvalue weighted by Gasteiger charge is -2.13. The zero-order chi connectivity index (χ0) is 13.0. The minimum absolute atomic E-state index is 0.405. The number of nitrogens with zero attached hydrogens (tertiary/aromatic N) is 3. The second kappa shape index (κ2) is 6.11. The number of halogens is 1. The molecule has 0 aliphatic heterocycles. The average molecular weight is 309 g/mol. The molecular formula is C13H17BrN4. The Balaban J connectivity index is 1.99. The van der Waals surface area contributed by atoms with Crippen LogP contribution in [0.4, 0.5) is 0 Å². The Morgan fingerprint density at radius 2 is 2.00 bits per heavy atom. The predicted octanol–water partition coefficient (Wildman–Crippen LogP) is 1.94. The summed E-state index contributed by atoms with van der Waals surface area (Å²) in [6.07, 6.45) is 3.80. The van der Waals surface area contributed by atoms with Crippen LogP contribution in [0.1, 0.15) is 11.3 Å². The summed E-state index contributed by atoms with van der Waals surface area (Å²) < 4.78 is 2.83. The zero-order valence-electron chi connectivity index (χ0n) is 10.4. The standard InChI is InChI=1S/C13H17BrN4/c1-18-9-13(16-17-18)7-11(8-15)6-10-2-4-12(14)5-3-10/h2-5,9,11H,6-8,15H2,1H3. The Morgan fingerprint density at radius 1 is 1.28 bits per heavy atom. The Bertz CT molecular complexity index is 492. The molecule has 18 heavy (non-hydrogen) atoms. The van der Waals surface area contributed by atoms with Gasteiger partial charge < -0.3 is 5.73 Å². The Labute approximate surface area is 115 Å². The van der Waals surface area contributed by atoms with Crippen LogP contribution in [0.15, 0.2) is 34.9 Å². The van der Waals surface area contributed by atoms with Crippen molar-refractivity contribution in [2.75, 3.05) is 6.54 Å². The van der Waals surface area contributed by atoms with E-state index in [9.17, 15) is 0 Å². The summed E-state index contributed by atoms with van der Waals surface area (Å²) in [5, 5.41) is 8.05. The maximum Gasteiger partial charge on any atom is 0.0830 e. The van der Waals surface area contributed by atoms with Crippen LogP contribution in [0.3, 0.4) is 0 Å². The van der Waals surface area contributed by atoms with Crippen LogP contribution < -0.4 is 5.73 Å². The molecule has 0 aliphatic carbocycles. The van der Waals surface area contributed by atoms with Gasteiger partial charge in [-0.15, -0.1) is 5.10 Å². The van der Waals surface area contributed by atoms with E-state index in [4.69, 9.17) is 5.73 Å². The molecule has 96 valence electrons. The van der Waals surface area contributed by atoms with Gasteiger partial charge in [0.1, 0.15) is 0 Å². The molecule has 0 amide bonds. The second-order valence-electron chi connectivity index (χ2n) is 4.52. The van der Waals surface area contributed by atoms with E-state index in [1.165, 1.54) is 5.56 Å². The van der Waals surface area contributed by atoms with Crippen molar-refractivity contribution >= 4 is 15.9 Å². The average Bonchev–Trinajstić information content (AvgIpc) is 2.77. The highest BCUT2D eigenvalue weighted by atomic mass is 79.9. The van der Waals surface area contributed by atoms with E-state index in [1.54, 1.807) is 4.68 Å². The molecule has 0 spiro atoms. The van der Waals surface area contributed by atoms with Gasteiger partial charge in [0.2, 0.25) is 0 Å². The molecule has 2 rings (SSSR count). The van der Waals surface area contributed by atoms with Crippen molar-refractivity contribution in [2.24, 2.45) is 18.7 Å². The first-order chi connectivity index (χ1) is 8.67. The molecule has 0 fully saturated rings. The summed E-state index contributed by atoms with van der Waals surface area (Å²) in [6.45, 7) is 0.659. The van der Waals surface area contributed by atoms with Gasteiger partial charge in [-0.25, -0.2) is 0 Å². The van der Waals surface area contributed by atoms with Gasteiger partial charge in [0.05, 0.1) is 5.69 Å². The van der Waals surface area contributed by atoms with Gasteiger partial charge >= 0.3 is 0 Å². The molecule has 0 radical (unpaired) electrons. The van der Waals surface area contributed by atoms with Gasteiger partial charge in [0.25, 0.3) is 0 Å². The largest absolute Gasteiger partial charge is 0.330 e. The van der Waals surface area contributed by atoms with Crippen LogP contribution in [0.25, 0.3) is 0 Å². The third-order valence-corrected chi connectivity index (χ3v) is 3.45. The highest BCUT2D eigenvalue weighted by Crippen LogP contribution is 2.15. The van der Waals surface area contributed by atoms with Crippen molar-refractivity contribution < 1.29 is 0 Å². The van der Waals surface area contributed by atoms with Crippen LogP contribution in [-0.2, 0) is 19.9 Å². The van der Waals surface area contributed by atoms with Crippen molar-refractivity contribution in [3.8, 4) is 0 Å². The Morgan fingerprint density at radius 3 is 2.56 bits per heavy atom. The van der Waals surface area contributed by atoms with Crippen LogP contribution >= 0.6 is 15.9 Å². The van der Waals surface area contributed by atoms with E-state index < -0.39 is 0 Å². The summed E-state index contributed by atoms with van der Waals surface area (Å²) in [7, 11) is 1.88. The lowest BCUT2D eigenvalue weighted by Crippen LogP contribution is -2.19. The van der Waals surface area contributed by atoms with E-state index in [-0.39, 0.29) is 0 Å². The third-order valence-electron chi connectivity index (χ3n) is 2.92. The fourth-order valence-electron chi connectivity index (χ4n) is 1.98. The number of benzene rings is 1. The van der Waals surface area contributed by atoms with Gasteiger partial charge in [-0.2, -0.15) is 0 Å². The lowest BCUT2D eigenvalue weighted by atomic mass is 9.95. The molecule has 1 aromatic carbocycles. The number of hydrogen-bond donors (Lipinski definition) is 1. The normalized spacial score (nSPS) is 12.6. The van der Waals surface area contributed by atoms with Crippen molar-refractivity contribution in [3.05, 3.63) is 46.2 Å². The molecule has 0 bridgehead atoms. The first kappa shape index (κ1) is 13.2. The summed E-state index contributed by atoms with van der Waals surface area (Å²) in [6, 6.07) is 8.38. The lowest BCUT2D eigenvalue weighted by molar-refractivity contribution is 0.526. The molecule has 2 N–H and O–H groups in total. The molecular weight excluding hydrogens is 292 g/mol. The molecule has 1 heterocycles. The molecule has 4 nitrogen and oxygen atoms in total. The van der Waals surface area contributed by atoms with Crippen LogP contribution in [0.5, 0.6) is 0 Å². The maximum absolute atomic E-state index is 5.84. The predicted molar refractivity (Wildman–Crippen MR) is 75.1 cm³/mol. The first-order valence-corrected chi connectivity index (χ1v) is 6.76. The van der Waals surface area contributed by atoms with Crippen molar-refractivity contribution in [1.82, 2.24) is 15.0 Å². The van der Waals surface area contributed by atoms with Crippen molar-refractivity contribution in [1.29, 1.82) is 0 Å². The number of nitrogens with two attached hydrogens (primary N) is 1. The summed E-state index contributed by atoms with van der Waals surface area (Å²) in [5.41, 5.74) is 8.15. The van der Waals surface area contributed by atoms with E-state index >= 15 is 0 Å².